The molecule has 4 aromatic rings. The molecule has 0 N–H and O–H groups in total. The molecule has 9 heteroatoms. The fraction of sp³-hybridized carbons (Fsp3) is 0.324. The molecule has 1 fully saturated rings. The van der Waals surface area contributed by atoms with Gasteiger partial charge < -0.3 is 23.5 Å². The summed E-state index contributed by atoms with van der Waals surface area (Å²) in [7, 11) is 1.64. The highest BCUT2D eigenvalue weighted by Crippen LogP contribution is 2.43. The fourth-order valence-corrected chi connectivity index (χ4v) is 6.14. The Hall–Kier alpha value is -3.85. The molecule has 222 valence electrons. The number of nitrogens with zero attached hydrogens (tertiary/aromatic N) is 3. The molecule has 3 aliphatic heterocycles. The second-order valence-electron chi connectivity index (χ2n) is 11.2. The number of imidazole rings is 1. The molecule has 7 rings (SSSR count). The second kappa shape index (κ2) is 11.7. The summed E-state index contributed by atoms with van der Waals surface area (Å²) in [5, 5.41) is 0.352. The summed E-state index contributed by atoms with van der Waals surface area (Å²) in [5.74, 6) is 2.58. The van der Waals surface area contributed by atoms with Crippen LogP contribution in [0.2, 0.25) is 5.02 Å². The van der Waals surface area contributed by atoms with Gasteiger partial charge in [-0.2, -0.15) is 0 Å². The molecule has 2 atom stereocenters. The number of hydrogen-bond donors (Lipinski definition) is 0. The van der Waals surface area contributed by atoms with E-state index >= 15 is 0 Å². The molecular weight excluding hydrogens is 569 g/mol. The van der Waals surface area contributed by atoms with Crippen LogP contribution >= 0.6 is 11.6 Å². The van der Waals surface area contributed by atoms with Crippen LogP contribution in [0.1, 0.15) is 41.5 Å². The lowest BCUT2D eigenvalue weighted by Crippen LogP contribution is -2.33. The van der Waals surface area contributed by atoms with E-state index < -0.39 is 11.9 Å². The second-order valence-corrected chi connectivity index (χ2v) is 11.6. The van der Waals surface area contributed by atoms with E-state index in [2.05, 4.69) is 28.2 Å². The number of methoxy groups -OCH3 is 1. The molecule has 4 heterocycles. The van der Waals surface area contributed by atoms with Gasteiger partial charge in [-0.05, 0) is 54.8 Å². The Morgan fingerprint density at radius 3 is 2.81 bits per heavy atom. The van der Waals surface area contributed by atoms with Crippen LogP contribution in [0.5, 0.6) is 11.5 Å². The average Bonchev–Trinajstić information content (AvgIpc) is 3.34. The number of para-hydroxylation sites is 1. The number of hydrogen-bond acceptors (Lipinski definition) is 6. The molecule has 1 aromatic heterocycles. The molecule has 0 amide bonds. The van der Waals surface area contributed by atoms with Gasteiger partial charge in [-0.1, -0.05) is 42.5 Å². The van der Waals surface area contributed by atoms with E-state index in [9.17, 15) is 4.39 Å². The number of rotatable bonds is 8. The van der Waals surface area contributed by atoms with Gasteiger partial charge in [0.2, 0.25) is 0 Å². The maximum absolute atomic E-state index is 14.7. The molecule has 0 saturated carbocycles. The highest BCUT2D eigenvalue weighted by molar-refractivity contribution is 6.30. The Balaban J connectivity index is 1.11. The van der Waals surface area contributed by atoms with Crippen LogP contribution in [0.4, 0.5) is 4.39 Å². The number of benzene rings is 3. The van der Waals surface area contributed by atoms with Gasteiger partial charge >= 0.3 is 0 Å². The smallest absolute Gasteiger partial charge is 0.169 e. The predicted molar refractivity (Wildman–Crippen MR) is 165 cm³/mol. The van der Waals surface area contributed by atoms with Gasteiger partial charge in [0.25, 0.3) is 0 Å². The van der Waals surface area contributed by atoms with Crippen LogP contribution in [-0.4, -0.2) is 54.0 Å². The van der Waals surface area contributed by atoms with Gasteiger partial charge in [0, 0.05) is 41.4 Å². The third-order valence-electron chi connectivity index (χ3n) is 8.52. The maximum atomic E-state index is 14.7. The van der Waals surface area contributed by atoms with E-state index in [1.54, 1.807) is 19.2 Å². The lowest BCUT2D eigenvalue weighted by Gasteiger charge is -2.31. The van der Waals surface area contributed by atoms with Gasteiger partial charge in [0.05, 0.1) is 37.3 Å². The quantitative estimate of drug-likeness (QED) is 0.202. The van der Waals surface area contributed by atoms with Crippen molar-refractivity contribution in [1.29, 1.82) is 0 Å². The third kappa shape index (κ3) is 5.51. The summed E-state index contributed by atoms with van der Waals surface area (Å²) < 4.78 is 40.6. The van der Waals surface area contributed by atoms with E-state index in [1.165, 1.54) is 11.6 Å². The zero-order chi connectivity index (χ0) is 29.5. The minimum atomic E-state index is -0.555. The summed E-state index contributed by atoms with van der Waals surface area (Å²) in [4.78, 5) is 7.43. The van der Waals surface area contributed by atoms with Crippen LogP contribution < -0.4 is 9.47 Å². The normalized spacial score (nSPS) is 20.0. The predicted octanol–water partition coefficient (Wildman–Crippen LogP) is 7.04. The van der Waals surface area contributed by atoms with Gasteiger partial charge in [0.1, 0.15) is 24.0 Å². The number of halogens is 2. The van der Waals surface area contributed by atoms with E-state index in [0.29, 0.717) is 27.8 Å². The maximum Gasteiger partial charge on any atom is 0.169 e. The molecule has 7 nitrogen and oxygen atoms in total. The third-order valence-corrected chi connectivity index (χ3v) is 8.75. The highest BCUT2D eigenvalue weighted by Gasteiger charge is 2.29. The van der Waals surface area contributed by atoms with E-state index in [0.717, 1.165) is 73.6 Å². The van der Waals surface area contributed by atoms with Crippen molar-refractivity contribution in [3.63, 3.8) is 0 Å². The largest absolute Gasteiger partial charge is 0.497 e. The van der Waals surface area contributed by atoms with Crippen molar-refractivity contribution in [3.8, 4) is 11.5 Å². The fourth-order valence-electron chi connectivity index (χ4n) is 5.98. The van der Waals surface area contributed by atoms with Crippen molar-refractivity contribution in [2.24, 2.45) is 0 Å². The Bertz CT molecular complexity index is 1730. The SMILES string of the molecule is C=C(OC)c1ccc2nc(CN3CC=C(c4cccc5c4O[C@H](c4ccc(Cl)cc4F)CO5)CC3)n(C[C@@H]3CCO3)c2c1. The molecule has 0 spiro atoms. The molecule has 3 aromatic carbocycles. The van der Waals surface area contributed by atoms with Crippen LogP contribution in [0.3, 0.4) is 0 Å². The summed E-state index contributed by atoms with van der Waals surface area (Å²) in [6.07, 6.45) is 3.79. The lowest BCUT2D eigenvalue weighted by molar-refractivity contribution is -0.0591. The van der Waals surface area contributed by atoms with Crippen LogP contribution in [0.25, 0.3) is 22.4 Å². The van der Waals surface area contributed by atoms with Crippen LogP contribution in [0.15, 0.2) is 67.3 Å². The average molecular weight is 602 g/mol. The topological polar surface area (TPSA) is 58.0 Å². The summed E-state index contributed by atoms with van der Waals surface area (Å²) in [6.45, 7) is 8.19. The van der Waals surface area contributed by atoms with Crippen molar-refractivity contribution < 1.29 is 23.3 Å². The van der Waals surface area contributed by atoms with Crippen molar-refractivity contribution in [1.82, 2.24) is 14.5 Å². The molecule has 0 unspecified atom stereocenters. The number of fused-ring (bicyclic) bond motifs is 2. The first kappa shape index (κ1) is 28.0. The van der Waals surface area contributed by atoms with Crippen molar-refractivity contribution >= 4 is 34.0 Å². The summed E-state index contributed by atoms with van der Waals surface area (Å²) >= 11 is 5.97. The van der Waals surface area contributed by atoms with Crippen LogP contribution in [-0.2, 0) is 22.6 Å². The number of aromatic nitrogens is 2. The molecule has 43 heavy (non-hydrogen) atoms. The molecule has 3 aliphatic rings. The first-order chi connectivity index (χ1) is 21.0. The summed E-state index contributed by atoms with van der Waals surface area (Å²) in [6, 6.07) is 16.7. The Morgan fingerprint density at radius 1 is 1.19 bits per heavy atom. The molecule has 1 saturated heterocycles. The zero-order valence-corrected chi connectivity index (χ0v) is 24.8. The van der Waals surface area contributed by atoms with Crippen LogP contribution in [0, 0.1) is 5.82 Å². The van der Waals surface area contributed by atoms with Crippen molar-refractivity contribution in [3.05, 3.63) is 101 Å². The van der Waals surface area contributed by atoms with Crippen molar-refractivity contribution in [2.75, 3.05) is 33.4 Å². The summed E-state index contributed by atoms with van der Waals surface area (Å²) in [5.41, 5.74) is 5.57. The van der Waals surface area contributed by atoms with Gasteiger partial charge in [-0.3, -0.25) is 4.90 Å². The molecular formula is C34H33ClFN3O4. The van der Waals surface area contributed by atoms with E-state index in [1.807, 2.05) is 30.3 Å². The van der Waals surface area contributed by atoms with E-state index in [4.69, 9.17) is 35.5 Å². The number of ether oxygens (including phenoxy) is 4. The monoisotopic (exact) mass is 601 g/mol. The lowest BCUT2D eigenvalue weighted by atomic mass is 9.97. The van der Waals surface area contributed by atoms with Gasteiger partial charge in [0.15, 0.2) is 17.6 Å². The zero-order valence-electron chi connectivity index (χ0n) is 24.0. The highest BCUT2D eigenvalue weighted by atomic mass is 35.5. The minimum Gasteiger partial charge on any atom is -0.497 e. The first-order valence-corrected chi connectivity index (χ1v) is 15.0. The van der Waals surface area contributed by atoms with Gasteiger partial charge in [-0.15, -0.1) is 0 Å². The first-order valence-electron chi connectivity index (χ1n) is 14.6. The molecule has 0 bridgehead atoms. The molecule has 0 aliphatic carbocycles. The Kier molecular flexibility index (Phi) is 7.59. The Morgan fingerprint density at radius 2 is 2.07 bits per heavy atom. The Labute approximate surface area is 255 Å². The van der Waals surface area contributed by atoms with Gasteiger partial charge in [-0.25, -0.2) is 9.37 Å². The minimum absolute atomic E-state index is 0.204. The van der Waals surface area contributed by atoms with Crippen molar-refractivity contribution in [2.45, 2.75) is 38.1 Å². The molecule has 0 radical (unpaired) electrons. The standard InChI is InChI=1S/C34H33ClFN3O4/c1-21(40-2)23-6-9-29-30(16-23)39(18-25-12-15-41-25)33(37-29)19-38-13-10-22(11-14-38)26-4-3-5-31-34(26)43-32(20-42-31)27-8-7-24(35)17-28(27)36/h3-10,16-17,25,32H,1,11-15,18-20H2,2H3/t25-,32-/m0/s1. The van der Waals surface area contributed by atoms with E-state index in [-0.39, 0.29) is 12.7 Å².